The molecule has 0 unspecified atom stereocenters. The molecule has 48 heavy (non-hydrogen) atoms. The summed E-state index contributed by atoms with van der Waals surface area (Å²) in [5, 5.41) is 2.43. The van der Waals surface area contributed by atoms with Crippen LogP contribution in [0.5, 0.6) is 0 Å². The van der Waals surface area contributed by atoms with Crippen LogP contribution in [-0.2, 0) is 5.41 Å². The minimum absolute atomic E-state index is 0.608. The number of hydrogen-bond acceptors (Lipinski definition) is 3. The largest absolute Gasteiger partial charge is 0.355 e. The van der Waals surface area contributed by atoms with Gasteiger partial charge in [-0.2, -0.15) is 0 Å². The third-order valence-electron chi connectivity index (χ3n) is 9.93. The van der Waals surface area contributed by atoms with E-state index in [0.29, 0.717) is 0 Å². The Labute approximate surface area is 280 Å². The zero-order valence-electron chi connectivity index (χ0n) is 26.7. The number of hydrogen-bond donors (Lipinski definition) is 0. The van der Waals surface area contributed by atoms with Crippen molar-refractivity contribution in [2.24, 2.45) is 0 Å². The van der Waals surface area contributed by atoms with Crippen molar-refractivity contribution in [1.29, 1.82) is 0 Å². The van der Waals surface area contributed by atoms with Gasteiger partial charge in [0.25, 0.3) is 0 Å². The highest BCUT2D eigenvalue weighted by Crippen LogP contribution is 2.48. The van der Waals surface area contributed by atoms with Crippen molar-refractivity contribution in [2.75, 3.05) is 23.5 Å². The lowest BCUT2D eigenvalue weighted by molar-refractivity contribution is 0.745. The maximum Gasteiger partial charge on any atom is 0.137 e. The number of para-hydroxylation sites is 3. The third kappa shape index (κ3) is 4.26. The summed E-state index contributed by atoms with van der Waals surface area (Å²) in [6, 6.07) is 61.6. The van der Waals surface area contributed by atoms with Crippen molar-refractivity contribution in [3.8, 4) is 5.82 Å². The summed E-state index contributed by atoms with van der Waals surface area (Å²) < 4.78 is 2.31. The Kier molecular flexibility index (Phi) is 6.61. The number of nitrogens with zero attached hydrogens (tertiary/aromatic N) is 4. The number of anilines is 3. The molecular formula is C44H34N4. The van der Waals surface area contributed by atoms with E-state index in [1.807, 2.05) is 12.3 Å². The quantitative estimate of drug-likeness (QED) is 0.173. The van der Waals surface area contributed by atoms with Crippen molar-refractivity contribution in [1.82, 2.24) is 9.55 Å². The normalized spacial score (nSPS) is 12.9. The van der Waals surface area contributed by atoms with Gasteiger partial charge in [0.2, 0.25) is 0 Å². The Morgan fingerprint density at radius 2 is 1.12 bits per heavy atom. The zero-order valence-corrected chi connectivity index (χ0v) is 26.7. The van der Waals surface area contributed by atoms with Crippen LogP contribution in [0.3, 0.4) is 0 Å². The molecule has 230 valence electrons. The minimum Gasteiger partial charge on any atom is -0.355 e. The maximum absolute atomic E-state index is 4.82. The Balaban J connectivity index is 1.36. The van der Waals surface area contributed by atoms with Gasteiger partial charge in [-0.25, -0.2) is 4.98 Å². The predicted molar refractivity (Wildman–Crippen MR) is 199 cm³/mol. The monoisotopic (exact) mass is 618 g/mol. The summed E-state index contributed by atoms with van der Waals surface area (Å²) in [5.74, 6) is 0.907. The fourth-order valence-corrected chi connectivity index (χ4v) is 7.82. The molecule has 4 nitrogen and oxygen atoms in total. The second kappa shape index (κ2) is 11.3. The summed E-state index contributed by atoms with van der Waals surface area (Å²) in [7, 11) is 2.16. The standard InChI is InChI=1S/C44H34N4/c1-46-31-47(41-24-11-10-23-40(41)46)36-20-14-19-34(29-36)44(32-15-4-2-5-16-32,33-17-6-3-7-18-33)35-26-27-38-37-21-8-9-22-39(37)48(42(38)30-35)43-25-12-13-28-45-43/h2-30H,31H2,1H3. The highest BCUT2D eigenvalue weighted by atomic mass is 15.4. The molecule has 2 aromatic heterocycles. The lowest BCUT2D eigenvalue weighted by Gasteiger charge is -2.37. The van der Waals surface area contributed by atoms with Gasteiger partial charge in [-0.05, 0) is 70.8 Å². The molecule has 9 rings (SSSR count). The lowest BCUT2D eigenvalue weighted by Crippen LogP contribution is -2.31. The van der Waals surface area contributed by atoms with Crippen molar-refractivity contribution in [3.63, 3.8) is 0 Å². The molecule has 8 aromatic rings. The number of benzene rings is 6. The number of rotatable bonds is 6. The Morgan fingerprint density at radius 1 is 0.500 bits per heavy atom. The summed E-state index contributed by atoms with van der Waals surface area (Å²) in [6.07, 6.45) is 1.87. The van der Waals surface area contributed by atoms with E-state index in [-0.39, 0.29) is 0 Å². The predicted octanol–water partition coefficient (Wildman–Crippen LogP) is 10.1. The zero-order chi connectivity index (χ0) is 32.1. The van der Waals surface area contributed by atoms with E-state index >= 15 is 0 Å². The molecular weight excluding hydrogens is 585 g/mol. The van der Waals surface area contributed by atoms with Crippen molar-refractivity contribution < 1.29 is 0 Å². The summed E-state index contributed by atoms with van der Waals surface area (Å²) in [5.41, 5.74) is 10.2. The van der Waals surface area contributed by atoms with E-state index in [4.69, 9.17) is 4.98 Å². The number of fused-ring (bicyclic) bond motifs is 4. The van der Waals surface area contributed by atoms with E-state index in [1.165, 1.54) is 50.1 Å². The molecule has 0 N–H and O–H groups in total. The molecule has 4 heteroatoms. The van der Waals surface area contributed by atoms with Crippen molar-refractivity contribution in [3.05, 3.63) is 198 Å². The van der Waals surface area contributed by atoms with Crippen molar-refractivity contribution in [2.45, 2.75) is 5.41 Å². The van der Waals surface area contributed by atoms with Gasteiger partial charge < -0.3 is 9.80 Å². The van der Waals surface area contributed by atoms with Gasteiger partial charge in [0.15, 0.2) is 0 Å². The highest BCUT2D eigenvalue weighted by Gasteiger charge is 2.39. The van der Waals surface area contributed by atoms with Crippen LogP contribution in [0.2, 0.25) is 0 Å². The molecule has 0 spiro atoms. The molecule has 0 atom stereocenters. The van der Waals surface area contributed by atoms with Crippen LogP contribution in [0, 0.1) is 0 Å². The summed E-state index contributed by atoms with van der Waals surface area (Å²) in [6.45, 7) is 0.794. The van der Waals surface area contributed by atoms with E-state index in [9.17, 15) is 0 Å². The first-order valence-corrected chi connectivity index (χ1v) is 16.5. The first kappa shape index (κ1) is 28.1. The van der Waals surface area contributed by atoms with Crippen LogP contribution < -0.4 is 9.80 Å². The molecule has 0 aliphatic carbocycles. The average Bonchev–Trinajstić information content (AvgIpc) is 3.68. The maximum atomic E-state index is 4.82. The fourth-order valence-electron chi connectivity index (χ4n) is 7.82. The van der Waals surface area contributed by atoms with E-state index < -0.39 is 5.41 Å². The molecule has 0 bridgehead atoms. The van der Waals surface area contributed by atoms with Crippen LogP contribution in [0.25, 0.3) is 27.6 Å². The lowest BCUT2D eigenvalue weighted by atomic mass is 9.65. The smallest absolute Gasteiger partial charge is 0.137 e. The molecule has 6 aromatic carbocycles. The van der Waals surface area contributed by atoms with Crippen LogP contribution in [0.4, 0.5) is 17.1 Å². The van der Waals surface area contributed by atoms with Gasteiger partial charge in [0.1, 0.15) is 5.82 Å². The Morgan fingerprint density at radius 3 is 1.88 bits per heavy atom. The molecule has 0 amide bonds. The highest BCUT2D eigenvalue weighted by molar-refractivity contribution is 6.09. The number of pyridine rings is 1. The van der Waals surface area contributed by atoms with E-state index in [1.54, 1.807) is 0 Å². The van der Waals surface area contributed by atoms with Gasteiger partial charge in [-0.3, -0.25) is 4.57 Å². The molecule has 0 radical (unpaired) electrons. The molecule has 1 aliphatic heterocycles. The Bertz CT molecular complexity index is 2360. The summed E-state index contributed by atoms with van der Waals surface area (Å²) >= 11 is 0. The van der Waals surface area contributed by atoms with Crippen LogP contribution in [-0.4, -0.2) is 23.3 Å². The van der Waals surface area contributed by atoms with Gasteiger partial charge >= 0.3 is 0 Å². The minimum atomic E-state index is -0.608. The summed E-state index contributed by atoms with van der Waals surface area (Å²) in [4.78, 5) is 9.55. The molecule has 0 saturated carbocycles. The molecule has 0 saturated heterocycles. The molecule has 0 fully saturated rings. The second-order valence-electron chi connectivity index (χ2n) is 12.6. The SMILES string of the molecule is CN1CN(c2cccc(C(c3ccccc3)(c3ccccc3)c3ccc4c5ccccc5n(-c5ccccn5)c4c3)c2)c2ccccc21. The molecule has 3 heterocycles. The van der Waals surface area contributed by atoms with Gasteiger partial charge in [0.05, 0.1) is 34.5 Å². The van der Waals surface area contributed by atoms with E-state index in [2.05, 4.69) is 185 Å². The van der Waals surface area contributed by atoms with Crippen molar-refractivity contribution >= 4 is 38.9 Å². The number of aromatic nitrogens is 2. The fraction of sp³-hybridized carbons (Fsp3) is 0.0682. The van der Waals surface area contributed by atoms with Crippen LogP contribution in [0.1, 0.15) is 22.3 Å². The van der Waals surface area contributed by atoms with Crippen LogP contribution >= 0.6 is 0 Å². The van der Waals surface area contributed by atoms with Gasteiger partial charge in [-0.15, -0.1) is 0 Å². The first-order chi connectivity index (χ1) is 23.7. The average molecular weight is 619 g/mol. The van der Waals surface area contributed by atoms with E-state index in [0.717, 1.165) is 23.5 Å². The molecule has 1 aliphatic rings. The second-order valence-corrected chi connectivity index (χ2v) is 12.6. The van der Waals surface area contributed by atoms with Gasteiger partial charge in [0, 0.05) is 29.7 Å². The van der Waals surface area contributed by atoms with Gasteiger partial charge in [-0.1, -0.05) is 121 Å². The topological polar surface area (TPSA) is 24.3 Å². The Hall–Kier alpha value is -6.13. The first-order valence-electron chi connectivity index (χ1n) is 16.5. The third-order valence-corrected chi connectivity index (χ3v) is 9.93. The van der Waals surface area contributed by atoms with Crippen LogP contribution in [0.15, 0.2) is 176 Å².